The number of aryl methyl sites for hydroxylation is 1. The van der Waals surface area contributed by atoms with Crippen LogP contribution < -0.4 is 5.32 Å². The molecule has 1 heterocycles. The number of rotatable bonds is 6. The minimum Gasteiger partial charge on any atom is -0.379 e. The lowest BCUT2D eigenvalue weighted by molar-refractivity contribution is -0.384. The highest BCUT2D eigenvalue weighted by molar-refractivity contribution is 9.10. The number of anilines is 1. The van der Waals surface area contributed by atoms with Crippen LogP contribution in [-0.2, 0) is 4.74 Å². The molecule has 1 saturated heterocycles. The van der Waals surface area contributed by atoms with Crippen LogP contribution in [0.1, 0.15) is 51.0 Å². The Bertz CT molecular complexity index is 654. The maximum Gasteiger partial charge on any atom is 0.293 e. The van der Waals surface area contributed by atoms with E-state index in [0.29, 0.717) is 23.9 Å². The van der Waals surface area contributed by atoms with Crippen molar-refractivity contribution in [3.63, 3.8) is 0 Å². The van der Waals surface area contributed by atoms with Gasteiger partial charge in [0.05, 0.1) is 11.0 Å². The van der Waals surface area contributed by atoms with E-state index in [-0.39, 0.29) is 10.6 Å². The van der Waals surface area contributed by atoms with Gasteiger partial charge in [-0.25, -0.2) is 0 Å². The minimum absolute atomic E-state index is 0.143. The molecule has 150 valence electrons. The topological polar surface area (TPSA) is 67.6 Å². The normalized spacial score (nSPS) is 24.7. The monoisotopic (exact) mass is 439 g/mol. The Morgan fingerprint density at radius 2 is 1.89 bits per heavy atom. The standard InChI is InChI=1S/C20H30BrN3O3/c1-3-27-17-6-4-16(5-7-17)23-10-8-15(9-11-23)22-19-12-14(2)18(21)13-20(19)24(25)26/h12-13,15-17,22H,3-11H2,1-2H3. The molecule has 1 aromatic rings. The average Bonchev–Trinajstić information content (AvgIpc) is 2.66. The number of piperidine rings is 1. The first-order valence-electron chi connectivity index (χ1n) is 10.0. The highest BCUT2D eigenvalue weighted by Gasteiger charge is 2.30. The van der Waals surface area contributed by atoms with Crippen LogP contribution in [0.15, 0.2) is 16.6 Å². The molecule has 7 heteroatoms. The van der Waals surface area contributed by atoms with Gasteiger partial charge < -0.3 is 15.0 Å². The highest BCUT2D eigenvalue weighted by atomic mass is 79.9. The van der Waals surface area contributed by atoms with Crippen molar-refractivity contribution in [1.29, 1.82) is 0 Å². The number of benzene rings is 1. The summed E-state index contributed by atoms with van der Waals surface area (Å²) < 4.78 is 6.54. The fourth-order valence-corrected chi connectivity index (χ4v) is 4.71. The van der Waals surface area contributed by atoms with Gasteiger partial charge in [0, 0.05) is 42.3 Å². The van der Waals surface area contributed by atoms with Gasteiger partial charge in [0.2, 0.25) is 0 Å². The van der Waals surface area contributed by atoms with Gasteiger partial charge in [0.25, 0.3) is 5.69 Å². The molecule has 27 heavy (non-hydrogen) atoms. The fraction of sp³-hybridized carbons (Fsp3) is 0.700. The van der Waals surface area contributed by atoms with E-state index in [1.807, 2.05) is 13.0 Å². The van der Waals surface area contributed by atoms with Gasteiger partial charge in [-0.3, -0.25) is 10.1 Å². The summed E-state index contributed by atoms with van der Waals surface area (Å²) in [4.78, 5) is 13.7. The van der Waals surface area contributed by atoms with Crippen LogP contribution in [0.3, 0.4) is 0 Å². The molecule has 3 rings (SSSR count). The Hall–Kier alpha value is -1.18. The average molecular weight is 440 g/mol. The SMILES string of the molecule is CCOC1CCC(N2CCC(Nc3cc(C)c(Br)cc3[N+](=O)[O-])CC2)CC1. The molecule has 0 unspecified atom stereocenters. The molecule has 0 atom stereocenters. The Balaban J connectivity index is 1.53. The summed E-state index contributed by atoms with van der Waals surface area (Å²) in [5.41, 5.74) is 1.78. The van der Waals surface area contributed by atoms with Crippen molar-refractivity contribution in [1.82, 2.24) is 4.90 Å². The van der Waals surface area contributed by atoms with Crippen LogP contribution in [0.4, 0.5) is 11.4 Å². The third-order valence-corrected chi connectivity index (χ3v) is 6.78. The number of nitrogens with one attached hydrogen (secondary N) is 1. The number of likely N-dealkylation sites (tertiary alicyclic amines) is 1. The number of halogens is 1. The summed E-state index contributed by atoms with van der Waals surface area (Å²) in [6, 6.07) is 4.44. The van der Waals surface area contributed by atoms with E-state index in [4.69, 9.17) is 4.74 Å². The number of ether oxygens (including phenoxy) is 1. The fourth-order valence-electron chi connectivity index (χ4n) is 4.38. The zero-order chi connectivity index (χ0) is 19.4. The molecule has 0 amide bonds. The number of nitro benzene ring substituents is 1. The summed E-state index contributed by atoms with van der Waals surface area (Å²) in [5.74, 6) is 0. The second-order valence-electron chi connectivity index (χ2n) is 7.72. The second kappa shape index (κ2) is 9.34. The van der Waals surface area contributed by atoms with Crippen molar-refractivity contribution >= 4 is 27.3 Å². The molecule has 1 saturated carbocycles. The second-order valence-corrected chi connectivity index (χ2v) is 8.57. The summed E-state index contributed by atoms with van der Waals surface area (Å²) in [6.45, 7) is 6.96. The molecule has 0 radical (unpaired) electrons. The van der Waals surface area contributed by atoms with Gasteiger partial charge in [0.1, 0.15) is 5.69 Å². The van der Waals surface area contributed by atoms with E-state index in [1.54, 1.807) is 6.07 Å². The molecular weight excluding hydrogens is 410 g/mol. The third kappa shape index (κ3) is 5.21. The molecule has 1 aromatic carbocycles. The molecule has 2 fully saturated rings. The van der Waals surface area contributed by atoms with Gasteiger partial charge >= 0.3 is 0 Å². The van der Waals surface area contributed by atoms with Crippen molar-refractivity contribution in [2.45, 2.75) is 70.6 Å². The summed E-state index contributed by atoms with van der Waals surface area (Å²) in [6.07, 6.45) is 7.28. The minimum atomic E-state index is -0.307. The Labute approximate surface area is 169 Å². The van der Waals surface area contributed by atoms with Crippen molar-refractivity contribution in [3.05, 3.63) is 32.3 Å². The highest BCUT2D eigenvalue weighted by Crippen LogP contribution is 2.33. The first-order valence-corrected chi connectivity index (χ1v) is 10.8. The van der Waals surface area contributed by atoms with Crippen LogP contribution in [0, 0.1) is 17.0 Å². The van der Waals surface area contributed by atoms with Crippen molar-refractivity contribution in [3.8, 4) is 0 Å². The van der Waals surface area contributed by atoms with E-state index in [1.165, 1.54) is 25.7 Å². The van der Waals surface area contributed by atoms with Crippen LogP contribution in [0.2, 0.25) is 0 Å². The Morgan fingerprint density at radius 3 is 2.48 bits per heavy atom. The lowest BCUT2D eigenvalue weighted by Crippen LogP contribution is -2.46. The van der Waals surface area contributed by atoms with Crippen molar-refractivity contribution < 1.29 is 9.66 Å². The summed E-state index contributed by atoms with van der Waals surface area (Å²) in [7, 11) is 0. The molecular formula is C20H30BrN3O3. The summed E-state index contributed by atoms with van der Waals surface area (Å²) >= 11 is 3.39. The Kier molecular flexibility index (Phi) is 7.11. The third-order valence-electron chi connectivity index (χ3n) is 5.93. The maximum absolute atomic E-state index is 11.4. The molecule has 1 N–H and O–H groups in total. The smallest absolute Gasteiger partial charge is 0.293 e. The largest absolute Gasteiger partial charge is 0.379 e. The predicted molar refractivity (Wildman–Crippen MR) is 111 cm³/mol. The van der Waals surface area contributed by atoms with Gasteiger partial charge in [-0.15, -0.1) is 0 Å². The van der Waals surface area contributed by atoms with E-state index in [2.05, 4.69) is 33.1 Å². The van der Waals surface area contributed by atoms with Gasteiger partial charge in [-0.2, -0.15) is 0 Å². The van der Waals surface area contributed by atoms with Crippen molar-refractivity contribution in [2.75, 3.05) is 25.0 Å². The first-order chi connectivity index (χ1) is 13.0. The molecule has 6 nitrogen and oxygen atoms in total. The quantitative estimate of drug-likeness (QED) is 0.504. The molecule has 1 aliphatic carbocycles. The molecule has 0 aromatic heterocycles. The number of nitro groups is 1. The van der Waals surface area contributed by atoms with Gasteiger partial charge in [-0.05, 0) is 64.0 Å². The van der Waals surface area contributed by atoms with Gasteiger partial charge in [0.15, 0.2) is 0 Å². The number of hydrogen-bond acceptors (Lipinski definition) is 5. The Morgan fingerprint density at radius 1 is 1.22 bits per heavy atom. The van der Waals surface area contributed by atoms with Crippen molar-refractivity contribution in [2.24, 2.45) is 0 Å². The molecule has 0 spiro atoms. The lowest BCUT2D eigenvalue weighted by Gasteiger charge is -2.41. The van der Waals surface area contributed by atoms with Gasteiger partial charge in [-0.1, -0.05) is 15.9 Å². The lowest BCUT2D eigenvalue weighted by atomic mass is 9.90. The van der Waals surface area contributed by atoms with E-state index < -0.39 is 0 Å². The molecule has 2 aliphatic rings. The maximum atomic E-state index is 11.4. The van der Waals surface area contributed by atoms with Crippen LogP contribution in [0.5, 0.6) is 0 Å². The van der Waals surface area contributed by atoms with E-state index in [9.17, 15) is 10.1 Å². The number of nitrogens with zero attached hydrogens (tertiary/aromatic N) is 2. The molecule has 0 bridgehead atoms. The zero-order valence-corrected chi connectivity index (χ0v) is 17.8. The van der Waals surface area contributed by atoms with Crippen LogP contribution >= 0.6 is 15.9 Å². The van der Waals surface area contributed by atoms with E-state index in [0.717, 1.165) is 42.6 Å². The predicted octanol–water partition coefficient (Wildman–Crippen LogP) is 4.89. The van der Waals surface area contributed by atoms with Crippen LogP contribution in [0.25, 0.3) is 0 Å². The van der Waals surface area contributed by atoms with Crippen LogP contribution in [-0.4, -0.2) is 47.7 Å². The molecule has 1 aliphatic heterocycles. The zero-order valence-electron chi connectivity index (χ0n) is 16.2. The number of hydrogen-bond donors (Lipinski definition) is 1. The first kappa shape index (κ1) is 20.6. The van der Waals surface area contributed by atoms with E-state index >= 15 is 0 Å². The summed E-state index contributed by atoms with van der Waals surface area (Å²) in [5, 5.41) is 14.8.